The van der Waals surface area contributed by atoms with Gasteiger partial charge in [-0.2, -0.15) is 0 Å². The van der Waals surface area contributed by atoms with Crippen LogP contribution in [0.5, 0.6) is 0 Å². The maximum atomic E-state index is 11.3. The molecule has 0 radical (unpaired) electrons. The lowest BCUT2D eigenvalue weighted by Crippen LogP contribution is -2.36. The van der Waals surface area contributed by atoms with Crippen molar-refractivity contribution < 1.29 is 4.79 Å². The largest absolute Gasteiger partial charge is 0.399 e. The fourth-order valence-electron chi connectivity index (χ4n) is 0.831. The monoisotopic (exact) mass is 180 g/mol. The van der Waals surface area contributed by atoms with Crippen molar-refractivity contribution >= 4 is 11.6 Å². The Morgan fingerprint density at radius 3 is 2.85 bits per heavy atom. The van der Waals surface area contributed by atoms with Gasteiger partial charge in [0.05, 0.1) is 0 Å². The van der Waals surface area contributed by atoms with Gasteiger partial charge in [-0.25, -0.2) is 5.01 Å². The summed E-state index contributed by atoms with van der Waals surface area (Å²) in [5.41, 5.74) is 8.90. The Morgan fingerprint density at radius 2 is 2.31 bits per heavy atom. The number of aromatic nitrogens is 1. The SMILES string of the molecule is CN(C)NC(=O)c1cc(N)ccn1. The zero-order valence-corrected chi connectivity index (χ0v) is 7.61. The summed E-state index contributed by atoms with van der Waals surface area (Å²) in [5.74, 6) is -0.266. The van der Waals surface area contributed by atoms with Crippen LogP contribution in [0.2, 0.25) is 0 Å². The first-order chi connectivity index (χ1) is 6.09. The van der Waals surface area contributed by atoms with Crippen LogP contribution in [0.15, 0.2) is 18.3 Å². The number of nitrogens with zero attached hydrogens (tertiary/aromatic N) is 2. The van der Waals surface area contributed by atoms with Gasteiger partial charge in [-0.05, 0) is 12.1 Å². The predicted octanol–water partition coefficient (Wildman–Crippen LogP) is -0.130. The molecule has 3 N–H and O–H groups in total. The van der Waals surface area contributed by atoms with E-state index in [1.807, 2.05) is 0 Å². The van der Waals surface area contributed by atoms with Crippen molar-refractivity contribution in [3.63, 3.8) is 0 Å². The summed E-state index contributed by atoms with van der Waals surface area (Å²) in [7, 11) is 3.45. The van der Waals surface area contributed by atoms with Gasteiger partial charge in [0.2, 0.25) is 0 Å². The smallest absolute Gasteiger partial charge is 0.284 e. The molecule has 0 bridgehead atoms. The number of carbonyl (C=O) groups excluding carboxylic acids is 1. The molecule has 0 spiro atoms. The number of hydrogen-bond acceptors (Lipinski definition) is 4. The van der Waals surface area contributed by atoms with Gasteiger partial charge in [-0.3, -0.25) is 15.2 Å². The summed E-state index contributed by atoms with van der Waals surface area (Å²) in [5, 5.41) is 1.55. The zero-order valence-electron chi connectivity index (χ0n) is 7.61. The third kappa shape index (κ3) is 2.72. The summed E-state index contributed by atoms with van der Waals surface area (Å²) >= 11 is 0. The van der Waals surface area contributed by atoms with E-state index in [-0.39, 0.29) is 5.91 Å². The summed E-state index contributed by atoms with van der Waals surface area (Å²) in [6.45, 7) is 0. The molecule has 1 rings (SSSR count). The molecule has 1 aromatic heterocycles. The minimum absolute atomic E-state index is 0.266. The second-order valence-electron chi connectivity index (χ2n) is 2.81. The number of nitrogens with two attached hydrogens (primary N) is 1. The number of amides is 1. The highest BCUT2D eigenvalue weighted by molar-refractivity contribution is 5.92. The Morgan fingerprint density at radius 1 is 1.62 bits per heavy atom. The van der Waals surface area contributed by atoms with E-state index in [0.29, 0.717) is 11.4 Å². The minimum atomic E-state index is -0.266. The molecule has 1 heterocycles. The van der Waals surface area contributed by atoms with Gasteiger partial charge in [0, 0.05) is 26.0 Å². The zero-order chi connectivity index (χ0) is 9.84. The van der Waals surface area contributed by atoms with Crippen molar-refractivity contribution in [2.75, 3.05) is 19.8 Å². The topological polar surface area (TPSA) is 71.2 Å². The second-order valence-corrected chi connectivity index (χ2v) is 2.81. The van der Waals surface area contributed by atoms with Gasteiger partial charge in [0.25, 0.3) is 5.91 Å². The number of carbonyl (C=O) groups is 1. The van der Waals surface area contributed by atoms with Crippen molar-refractivity contribution in [1.29, 1.82) is 0 Å². The number of nitrogen functional groups attached to an aromatic ring is 1. The molecule has 13 heavy (non-hydrogen) atoms. The van der Waals surface area contributed by atoms with Crippen molar-refractivity contribution in [1.82, 2.24) is 15.4 Å². The summed E-state index contributed by atoms with van der Waals surface area (Å²) in [6.07, 6.45) is 1.50. The first kappa shape index (κ1) is 9.47. The van der Waals surface area contributed by atoms with Crippen LogP contribution in [-0.2, 0) is 0 Å². The predicted molar refractivity (Wildman–Crippen MR) is 49.8 cm³/mol. The van der Waals surface area contributed by atoms with Gasteiger partial charge in [-0.15, -0.1) is 0 Å². The second kappa shape index (κ2) is 3.86. The van der Waals surface area contributed by atoms with Crippen LogP contribution in [0.3, 0.4) is 0 Å². The van der Waals surface area contributed by atoms with Crippen molar-refractivity contribution in [3.05, 3.63) is 24.0 Å². The number of hydrogen-bond donors (Lipinski definition) is 2. The van der Waals surface area contributed by atoms with Crippen LogP contribution < -0.4 is 11.2 Å². The van der Waals surface area contributed by atoms with E-state index in [2.05, 4.69) is 10.4 Å². The molecule has 5 nitrogen and oxygen atoms in total. The molecular weight excluding hydrogens is 168 g/mol. The molecule has 0 saturated heterocycles. The van der Waals surface area contributed by atoms with Crippen LogP contribution >= 0.6 is 0 Å². The first-order valence-corrected chi connectivity index (χ1v) is 3.79. The molecular formula is C8H12N4O. The molecule has 1 amide bonds. The molecule has 0 unspecified atom stereocenters. The lowest BCUT2D eigenvalue weighted by molar-refractivity contribution is 0.0851. The van der Waals surface area contributed by atoms with Gasteiger partial charge < -0.3 is 5.73 Å². The van der Waals surface area contributed by atoms with E-state index in [1.165, 1.54) is 12.3 Å². The molecule has 0 fully saturated rings. The number of anilines is 1. The lowest BCUT2D eigenvalue weighted by Gasteiger charge is -2.10. The van der Waals surface area contributed by atoms with Gasteiger partial charge >= 0.3 is 0 Å². The Balaban J connectivity index is 2.77. The molecule has 0 aliphatic heterocycles. The van der Waals surface area contributed by atoms with E-state index in [4.69, 9.17) is 5.73 Å². The molecule has 5 heteroatoms. The number of rotatable bonds is 2. The quantitative estimate of drug-likeness (QED) is 0.622. The third-order valence-electron chi connectivity index (χ3n) is 1.34. The van der Waals surface area contributed by atoms with Gasteiger partial charge in [0.1, 0.15) is 5.69 Å². The van der Waals surface area contributed by atoms with E-state index >= 15 is 0 Å². The van der Waals surface area contributed by atoms with E-state index in [0.717, 1.165) is 0 Å². The fraction of sp³-hybridized carbons (Fsp3) is 0.250. The number of nitrogens with one attached hydrogen (secondary N) is 1. The van der Waals surface area contributed by atoms with E-state index in [9.17, 15) is 4.79 Å². The van der Waals surface area contributed by atoms with Crippen LogP contribution in [-0.4, -0.2) is 30.0 Å². The minimum Gasteiger partial charge on any atom is -0.399 e. The standard InChI is InChI=1S/C8H12N4O/c1-12(2)11-8(13)7-5-6(9)3-4-10-7/h3-5H,1-2H3,(H2,9,10)(H,11,13). The van der Waals surface area contributed by atoms with Crippen molar-refractivity contribution in [2.45, 2.75) is 0 Å². The van der Waals surface area contributed by atoms with E-state index < -0.39 is 0 Å². The molecule has 0 saturated carbocycles. The molecule has 70 valence electrons. The summed E-state index contributed by atoms with van der Waals surface area (Å²) in [6, 6.07) is 3.16. The van der Waals surface area contributed by atoms with Crippen LogP contribution in [0, 0.1) is 0 Å². The molecule has 0 aromatic carbocycles. The van der Waals surface area contributed by atoms with E-state index in [1.54, 1.807) is 25.2 Å². The van der Waals surface area contributed by atoms with Crippen molar-refractivity contribution in [2.24, 2.45) is 0 Å². The highest BCUT2D eigenvalue weighted by Crippen LogP contribution is 2.02. The Kier molecular flexibility index (Phi) is 2.81. The van der Waals surface area contributed by atoms with Crippen LogP contribution in [0.25, 0.3) is 0 Å². The Bertz CT molecular complexity index is 311. The molecule has 0 aliphatic carbocycles. The Hall–Kier alpha value is -1.62. The van der Waals surface area contributed by atoms with Gasteiger partial charge in [-0.1, -0.05) is 0 Å². The number of pyridine rings is 1. The van der Waals surface area contributed by atoms with Crippen LogP contribution in [0.4, 0.5) is 5.69 Å². The third-order valence-corrected chi connectivity index (χ3v) is 1.34. The van der Waals surface area contributed by atoms with Gasteiger partial charge in [0.15, 0.2) is 0 Å². The highest BCUT2D eigenvalue weighted by atomic mass is 16.2. The average Bonchev–Trinajstić information content (AvgIpc) is 2.03. The summed E-state index contributed by atoms with van der Waals surface area (Å²) in [4.78, 5) is 15.2. The summed E-state index contributed by atoms with van der Waals surface area (Å²) < 4.78 is 0. The normalized spacial score (nSPS) is 10.1. The molecule has 1 aromatic rings. The van der Waals surface area contributed by atoms with Crippen molar-refractivity contribution in [3.8, 4) is 0 Å². The van der Waals surface area contributed by atoms with Crippen LogP contribution in [0.1, 0.15) is 10.5 Å². The maximum Gasteiger partial charge on any atom is 0.284 e. The fourth-order valence-corrected chi connectivity index (χ4v) is 0.831. The highest BCUT2D eigenvalue weighted by Gasteiger charge is 2.06. The molecule has 0 atom stereocenters. The number of hydrazine groups is 1. The molecule has 0 aliphatic rings. The lowest BCUT2D eigenvalue weighted by atomic mass is 10.3. The Labute approximate surface area is 76.5 Å². The maximum absolute atomic E-state index is 11.3. The average molecular weight is 180 g/mol. The first-order valence-electron chi connectivity index (χ1n) is 3.79.